The maximum absolute atomic E-state index is 12.0. The molecule has 0 spiro atoms. The zero-order valence-corrected chi connectivity index (χ0v) is 13.3. The molecule has 1 aliphatic rings. The van der Waals surface area contributed by atoms with Gasteiger partial charge in [-0.1, -0.05) is 29.8 Å². The quantitative estimate of drug-likeness (QED) is 0.827. The number of hydrogen-bond acceptors (Lipinski definition) is 3. The van der Waals surface area contributed by atoms with Gasteiger partial charge < -0.3 is 5.32 Å². The fourth-order valence-electron chi connectivity index (χ4n) is 2.33. The summed E-state index contributed by atoms with van der Waals surface area (Å²) in [7, 11) is -3.33. The van der Waals surface area contributed by atoms with Crippen LogP contribution in [0.15, 0.2) is 24.3 Å². The van der Waals surface area contributed by atoms with E-state index < -0.39 is 15.6 Å². The minimum absolute atomic E-state index is 0.0173. The normalized spacial score (nSPS) is 22.3. The average Bonchev–Trinajstić information content (AvgIpc) is 2.77. The lowest BCUT2D eigenvalue weighted by molar-refractivity contribution is -0.119. The largest absolute Gasteiger partial charge is 0.350 e. The monoisotopic (exact) mass is 310 g/mol. The first kappa shape index (κ1) is 16.0. The van der Waals surface area contributed by atoms with E-state index in [0.717, 1.165) is 11.1 Å². The molecule has 1 aromatic rings. The van der Waals surface area contributed by atoms with Crippen LogP contribution in [0, 0.1) is 6.92 Å². The summed E-state index contributed by atoms with van der Waals surface area (Å²) in [4.78, 5) is 11.2. The van der Waals surface area contributed by atoms with E-state index >= 15 is 0 Å². The fraction of sp³-hybridized carbons (Fsp3) is 0.533. The van der Waals surface area contributed by atoms with Crippen molar-refractivity contribution in [3.63, 3.8) is 0 Å². The van der Waals surface area contributed by atoms with Gasteiger partial charge in [-0.2, -0.15) is 0 Å². The van der Waals surface area contributed by atoms with Crippen molar-refractivity contribution in [3.05, 3.63) is 35.4 Å². The van der Waals surface area contributed by atoms with Crippen molar-refractivity contribution in [2.24, 2.45) is 0 Å². The highest BCUT2D eigenvalue weighted by atomic mass is 32.2. The van der Waals surface area contributed by atoms with Gasteiger partial charge in [0.2, 0.25) is 15.9 Å². The molecule has 0 aliphatic carbocycles. The summed E-state index contributed by atoms with van der Waals surface area (Å²) in [6.07, 6.45) is 1.60. The maximum Gasteiger partial charge on any atom is 0.220 e. The number of carbonyl (C=O) groups excluding carboxylic acids is 1. The van der Waals surface area contributed by atoms with Gasteiger partial charge in [0.25, 0.3) is 0 Å². The molecule has 1 unspecified atom stereocenters. The number of hydrogen-bond donors (Lipinski definition) is 2. The summed E-state index contributed by atoms with van der Waals surface area (Å²) >= 11 is 0. The molecule has 1 aliphatic heterocycles. The predicted molar refractivity (Wildman–Crippen MR) is 82.5 cm³/mol. The average molecular weight is 310 g/mol. The third kappa shape index (κ3) is 4.82. The second-order valence-corrected chi connectivity index (χ2v) is 7.91. The number of sulfonamides is 1. The number of amides is 1. The van der Waals surface area contributed by atoms with Crippen molar-refractivity contribution in [3.8, 4) is 0 Å². The number of benzene rings is 1. The van der Waals surface area contributed by atoms with Crippen LogP contribution in [0.2, 0.25) is 0 Å². The summed E-state index contributed by atoms with van der Waals surface area (Å²) in [5, 5.41) is 2.82. The second-order valence-electron chi connectivity index (χ2n) is 5.98. The number of carbonyl (C=O) groups is 1. The Bertz CT molecular complexity index is 610. The maximum atomic E-state index is 12.0. The van der Waals surface area contributed by atoms with Gasteiger partial charge in [0.1, 0.15) is 0 Å². The second kappa shape index (κ2) is 6.15. The van der Waals surface area contributed by atoms with Gasteiger partial charge in [-0.3, -0.25) is 4.79 Å². The lowest BCUT2D eigenvalue weighted by atomic mass is 10.0. The minimum Gasteiger partial charge on any atom is -0.350 e. The Labute approximate surface area is 126 Å². The highest BCUT2D eigenvalue weighted by Crippen LogP contribution is 2.18. The molecule has 1 fully saturated rings. The van der Waals surface area contributed by atoms with E-state index in [2.05, 4.69) is 10.0 Å². The molecule has 1 amide bonds. The van der Waals surface area contributed by atoms with Gasteiger partial charge in [-0.05, 0) is 32.3 Å². The van der Waals surface area contributed by atoms with Crippen molar-refractivity contribution in [1.82, 2.24) is 10.0 Å². The lowest BCUT2D eigenvalue weighted by Crippen LogP contribution is -2.48. The van der Waals surface area contributed by atoms with Crippen LogP contribution in [-0.4, -0.2) is 32.2 Å². The molecule has 0 saturated carbocycles. The van der Waals surface area contributed by atoms with E-state index in [1.165, 1.54) is 0 Å². The van der Waals surface area contributed by atoms with Crippen molar-refractivity contribution in [1.29, 1.82) is 0 Å². The Balaban J connectivity index is 1.84. The van der Waals surface area contributed by atoms with Gasteiger partial charge in [-0.15, -0.1) is 0 Å². The highest BCUT2D eigenvalue weighted by Gasteiger charge is 2.33. The topological polar surface area (TPSA) is 75.3 Å². The van der Waals surface area contributed by atoms with E-state index in [1.54, 1.807) is 0 Å². The molecule has 2 N–H and O–H groups in total. The van der Waals surface area contributed by atoms with Crippen LogP contribution in [0.25, 0.3) is 0 Å². The Hall–Kier alpha value is -1.40. The van der Waals surface area contributed by atoms with Gasteiger partial charge in [0.05, 0.1) is 11.3 Å². The molecule has 0 aromatic heterocycles. The summed E-state index contributed by atoms with van der Waals surface area (Å²) < 4.78 is 26.7. The Morgan fingerprint density at radius 3 is 2.52 bits per heavy atom. The van der Waals surface area contributed by atoms with E-state index in [9.17, 15) is 13.2 Å². The molecular formula is C15H22N2O3S. The summed E-state index contributed by atoms with van der Waals surface area (Å²) in [6.45, 7) is 4.11. The third-order valence-electron chi connectivity index (χ3n) is 3.81. The fourth-order valence-corrected chi connectivity index (χ4v) is 3.52. The van der Waals surface area contributed by atoms with Gasteiger partial charge in [0.15, 0.2) is 0 Å². The van der Waals surface area contributed by atoms with E-state index in [0.29, 0.717) is 19.3 Å². The molecule has 5 nitrogen and oxygen atoms in total. The van der Waals surface area contributed by atoms with Crippen LogP contribution in [-0.2, 0) is 21.2 Å². The van der Waals surface area contributed by atoms with Crippen molar-refractivity contribution in [2.45, 2.75) is 38.6 Å². The highest BCUT2D eigenvalue weighted by molar-refractivity contribution is 7.89. The van der Waals surface area contributed by atoms with Crippen LogP contribution in [0.3, 0.4) is 0 Å². The molecule has 1 aromatic carbocycles. The van der Waals surface area contributed by atoms with Crippen molar-refractivity contribution < 1.29 is 13.2 Å². The Morgan fingerprint density at radius 2 is 1.95 bits per heavy atom. The first-order valence-corrected chi connectivity index (χ1v) is 8.77. The zero-order chi connectivity index (χ0) is 15.5. The van der Waals surface area contributed by atoms with Crippen LogP contribution >= 0.6 is 0 Å². The third-order valence-corrected chi connectivity index (χ3v) is 5.13. The zero-order valence-electron chi connectivity index (χ0n) is 12.5. The number of aryl methyl sites for hydroxylation is 2. The first-order chi connectivity index (χ1) is 9.78. The molecule has 1 heterocycles. The molecule has 0 bridgehead atoms. The molecule has 6 heteroatoms. The van der Waals surface area contributed by atoms with Gasteiger partial charge in [-0.25, -0.2) is 13.1 Å². The van der Waals surface area contributed by atoms with Crippen molar-refractivity contribution in [2.75, 3.05) is 12.3 Å². The van der Waals surface area contributed by atoms with E-state index in [4.69, 9.17) is 0 Å². The van der Waals surface area contributed by atoms with E-state index in [1.807, 2.05) is 38.1 Å². The number of nitrogens with one attached hydrogen (secondary N) is 2. The molecule has 2 rings (SSSR count). The van der Waals surface area contributed by atoms with Crippen LogP contribution in [0.5, 0.6) is 0 Å². The number of rotatable bonds is 6. The molecular weight excluding hydrogens is 288 g/mol. The SMILES string of the molecule is Cc1ccc(CCS(=O)(=O)NCC2(C)CCC(=O)N2)cc1. The Morgan fingerprint density at radius 1 is 1.29 bits per heavy atom. The molecule has 1 atom stereocenters. The lowest BCUT2D eigenvalue weighted by Gasteiger charge is -2.24. The van der Waals surface area contributed by atoms with E-state index in [-0.39, 0.29) is 18.2 Å². The van der Waals surface area contributed by atoms with Gasteiger partial charge >= 0.3 is 0 Å². The molecule has 1 saturated heterocycles. The molecule has 0 radical (unpaired) electrons. The standard InChI is InChI=1S/C15H22N2O3S/c1-12-3-5-13(6-4-12)8-10-21(19,20)16-11-15(2)9-7-14(18)17-15/h3-6,16H,7-11H2,1-2H3,(H,17,18). The molecule has 116 valence electrons. The summed E-state index contributed by atoms with van der Waals surface area (Å²) in [6, 6.07) is 7.85. The van der Waals surface area contributed by atoms with Crippen LogP contribution in [0.4, 0.5) is 0 Å². The van der Waals surface area contributed by atoms with Crippen molar-refractivity contribution >= 4 is 15.9 Å². The summed E-state index contributed by atoms with van der Waals surface area (Å²) in [5.41, 5.74) is 1.70. The molecule has 21 heavy (non-hydrogen) atoms. The smallest absolute Gasteiger partial charge is 0.220 e. The first-order valence-electron chi connectivity index (χ1n) is 7.12. The Kier molecular flexibility index (Phi) is 4.68. The predicted octanol–water partition coefficient (Wildman–Crippen LogP) is 1.13. The minimum atomic E-state index is -3.33. The van der Waals surface area contributed by atoms with Gasteiger partial charge in [0, 0.05) is 13.0 Å². The van der Waals surface area contributed by atoms with Crippen LogP contribution in [0.1, 0.15) is 30.9 Å². The summed E-state index contributed by atoms with van der Waals surface area (Å²) in [5.74, 6) is 0.0384. The van der Waals surface area contributed by atoms with Crippen LogP contribution < -0.4 is 10.0 Å².